The van der Waals surface area contributed by atoms with Crippen molar-refractivity contribution in [2.45, 2.75) is 19.6 Å². The number of nitrogens with one attached hydrogen (secondary N) is 3. The van der Waals surface area contributed by atoms with Gasteiger partial charge in [-0.25, -0.2) is 4.99 Å². The van der Waals surface area contributed by atoms with Crippen molar-refractivity contribution in [3.63, 3.8) is 0 Å². The second-order valence-electron chi connectivity index (χ2n) is 5.53. The van der Waals surface area contributed by atoms with E-state index in [-0.39, 0.29) is 5.56 Å². The molecule has 0 unspecified atom stereocenters. The van der Waals surface area contributed by atoms with Crippen molar-refractivity contribution in [2.75, 3.05) is 19.6 Å². The topological polar surface area (TPSA) is 65.5 Å². The summed E-state index contributed by atoms with van der Waals surface area (Å²) in [7, 11) is 0. The molecule has 1 aromatic carbocycles. The van der Waals surface area contributed by atoms with Crippen molar-refractivity contribution in [3.05, 3.63) is 57.8 Å². The van der Waals surface area contributed by atoms with E-state index >= 15 is 0 Å². The van der Waals surface area contributed by atoms with Gasteiger partial charge in [0.2, 0.25) is 0 Å². The van der Waals surface area contributed by atoms with Gasteiger partial charge in [-0.3, -0.25) is 4.79 Å². The number of amides is 1. The van der Waals surface area contributed by atoms with E-state index in [9.17, 15) is 18.0 Å². The van der Waals surface area contributed by atoms with Crippen molar-refractivity contribution in [1.82, 2.24) is 16.0 Å². The van der Waals surface area contributed by atoms with Crippen molar-refractivity contribution < 1.29 is 18.0 Å². The van der Waals surface area contributed by atoms with Crippen LogP contribution in [-0.2, 0) is 12.7 Å². The van der Waals surface area contributed by atoms with Crippen LogP contribution < -0.4 is 16.0 Å². The molecule has 3 N–H and O–H groups in total. The number of thiophene rings is 1. The molecule has 0 saturated heterocycles. The Hall–Kier alpha value is -2.55. The van der Waals surface area contributed by atoms with Crippen LogP contribution in [0.1, 0.15) is 27.7 Å². The fourth-order valence-electron chi connectivity index (χ4n) is 2.17. The summed E-state index contributed by atoms with van der Waals surface area (Å²) in [6.07, 6.45) is -4.41. The van der Waals surface area contributed by atoms with Crippen LogP contribution in [0.15, 0.2) is 46.8 Å². The van der Waals surface area contributed by atoms with Crippen LogP contribution in [0.4, 0.5) is 13.2 Å². The monoisotopic (exact) mass is 398 g/mol. The van der Waals surface area contributed by atoms with Crippen LogP contribution >= 0.6 is 11.3 Å². The van der Waals surface area contributed by atoms with Crippen LogP contribution in [0.5, 0.6) is 0 Å². The standard InChI is InChI=1S/C18H21F3N4OS/c1-2-22-17(25-12-15-4-3-11-27-15)24-10-9-23-16(26)13-5-7-14(8-6-13)18(19,20)21/h3-8,11H,2,9-10,12H2,1H3,(H,23,26)(H2,22,24,25). The molecular formula is C18H21F3N4OS. The van der Waals surface area contributed by atoms with E-state index in [0.29, 0.717) is 32.1 Å². The Balaban J connectivity index is 1.78. The highest BCUT2D eigenvalue weighted by atomic mass is 32.1. The lowest BCUT2D eigenvalue weighted by molar-refractivity contribution is -0.137. The number of carbonyl (C=O) groups is 1. The molecule has 9 heteroatoms. The Kier molecular flexibility index (Phi) is 7.66. The Morgan fingerprint density at radius 1 is 1.07 bits per heavy atom. The molecule has 0 aliphatic rings. The fraction of sp³-hybridized carbons (Fsp3) is 0.333. The summed E-state index contributed by atoms with van der Waals surface area (Å²) < 4.78 is 37.6. The first-order chi connectivity index (χ1) is 12.9. The first-order valence-corrected chi connectivity index (χ1v) is 9.28. The summed E-state index contributed by atoms with van der Waals surface area (Å²) in [6, 6.07) is 8.09. The lowest BCUT2D eigenvalue weighted by Crippen LogP contribution is -2.41. The molecule has 2 aromatic rings. The number of guanidine groups is 1. The molecule has 2 rings (SSSR count). The molecule has 146 valence electrons. The minimum Gasteiger partial charge on any atom is -0.357 e. The number of halogens is 3. The van der Waals surface area contributed by atoms with Gasteiger partial charge in [-0.2, -0.15) is 13.2 Å². The average molecular weight is 398 g/mol. The smallest absolute Gasteiger partial charge is 0.357 e. The molecular weight excluding hydrogens is 377 g/mol. The second-order valence-corrected chi connectivity index (χ2v) is 6.56. The van der Waals surface area contributed by atoms with E-state index in [2.05, 4.69) is 20.9 Å². The highest BCUT2D eigenvalue weighted by Gasteiger charge is 2.30. The Bertz CT molecular complexity index is 743. The second kappa shape index (κ2) is 9.96. The van der Waals surface area contributed by atoms with Gasteiger partial charge in [-0.1, -0.05) is 6.07 Å². The number of rotatable bonds is 7. The van der Waals surface area contributed by atoms with Gasteiger partial charge < -0.3 is 16.0 Å². The zero-order chi connectivity index (χ0) is 19.7. The normalized spacial score (nSPS) is 11.9. The van der Waals surface area contributed by atoms with E-state index in [1.807, 2.05) is 24.4 Å². The Labute approximate surface area is 159 Å². The molecule has 0 aliphatic carbocycles. The van der Waals surface area contributed by atoms with Gasteiger partial charge in [0, 0.05) is 30.1 Å². The Morgan fingerprint density at radius 2 is 1.78 bits per heavy atom. The minimum absolute atomic E-state index is 0.182. The van der Waals surface area contributed by atoms with E-state index < -0.39 is 17.6 Å². The summed E-state index contributed by atoms with van der Waals surface area (Å²) in [5.74, 6) is 0.209. The molecule has 0 radical (unpaired) electrons. The van der Waals surface area contributed by atoms with Crippen LogP contribution in [-0.4, -0.2) is 31.5 Å². The first kappa shape index (κ1) is 20.8. The lowest BCUT2D eigenvalue weighted by atomic mass is 10.1. The maximum Gasteiger partial charge on any atom is 0.416 e. The minimum atomic E-state index is -4.41. The number of carbonyl (C=O) groups excluding carboxylic acids is 1. The first-order valence-electron chi connectivity index (χ1n) is 8.40. The number of hydrogen-bond donors (Lipinski definition) is 3. The third kappa shape index (κ3) is 6.93. The number of alkyl halides is 3. The summed E-state index contributed by atoms with van der Waals surface area (Å²) in [4.78, 5) is 17.6. The van der Waals surface area contributed by atoms with Gasteiger partial charge in [0.15, 0.2) is 5.96 Å². The molecule has 27 heavy (non-hydrogen) atoms. The number of nitrogens with zero attached hydrogens (tertiary/aromatic N) is 1. The van der Waals surface area contributed by atoms with Crippen LogP contribution in [0.3, 0.4) is 0 Å². The fourth-order valence-corrected chi connectivity index (χ4v) is 2.80. The number of hydrogen-bond acceptors (Lipinski definition) is 3. The maximum absolute atomic E-state index is 12.5. The molecule has 5 nitrogen and oxygen atoms in total. The SMILES string of the molecule is CCNC(=NCc1cccs1)NCCNC(=O)c1ccc(C(F)(F)F)cc1. The molecule has 0 bridgehead atoms. The van der Waals surface area contributed by atoms with Gasteiger partial charge in [0.1, 0.15) is 0 Å². The van der Waals surface area contributed by atoms with Gasteiger partial charge in [0.25, 0.3) is 5.91 Å². The zero-order valence-electron chi connectivity index (χ0n) is 14.8. The molecule has 1 amide bonds. The van der Waals surface area contributed by atoms with E-state index in [0.717, 1.165) is 29.1 Å². The summed E-state index contributed by atoms with van der Waals surface area (Å²) in [6.45, 7) is 3.96. The van der Waals surface area contributed by atoms with E-state index in [1.54, 1.807) is 11.3 Å². The van der Waals surface area contributed by atoms with Crippen LogP contribution in [0.25, 0.3) is 0 Å². The summed E-state index contributed by atoms with van der Waals surface area (Å²) in [5.41, 5.74) is -0.598. The maximum atomic E-state index is 12.5. The predicted octanol–water partition coefficient (Wildman–Crippen LogP) is 3.25. The Morgan fingerprint density at radius 3 is 2.37 bits per heavy atom. The average Bonchev–Trinajstić information content (AvgIpc) is 3.16. The summed E-state index contributed by atoms with van der Waals surface area (Å²) >= 11 is 1.63. The highest BCUT2D eigenvalue weighted by molar-refractivity contribution is 7.09. The summed E-state index contributed by atoms with van der Waals surface area (Å²) in [5, 5.41) is 10.9. The molecule has 0 saturated carbocycles. The third-order valence-electron chi connectivity index (χ3n) is 3.49. The number of benzene rings is 1. The van der Waals surface area contributed by atoms with Crippen LogP contribution in [0, 0.1) is 0 Å². The largest absolute Gasteiger partial charge is 0.416 e. The molecule has 0 atom stereocenters. The van der Waals surface area contributed by atoms with Gasteiger partial charge >= 0.3 is 6.18 Å². The highest BCUT2D eigenvalue weighted by Crippen LogP contribution is 2.29. The molecule has 0 fully saturated rings. The molecule has 0 aliphatic heterocycles. The van der Waals surface area contributed by atoms with Gasteiger partial charge in [0.05, 0.1) is 12.1 Å². The molecule has 1 heterocycles. The zero-order valence-corrected chi connectivity index (χ0v) is 15.6. The molecule has 1 aromatic heterocycles. The van der Waals surface area contributed by atoms with Crippen molar-refractivity contribution >= 4 is 23.2 Å². The van der Waals surface area contributed by atoms with Crippen molar-refractivity contribution in [2.24, 2.45) is 4.99 Å². The van der Waals surface area contributed by atoms with Crippen LogP contribution in [0.2, 0.25) is 0 Å². The van der Waals surface area contributed by atoms with Gasteiger partial charge in [-0.15, -0.1) is 11.3 Å². The number of aliphatic imine (C=N–C) groups is 1. The van der Waals surface area contributed by atoms with E-state index in [1.165, 1.54) is 0 Å². The van der Waals surface area contributed by atoms with Crippen molar-refractivity contribution in [1.29, 1.82) is 0 Å². The van der Waals surface area contributed by atoms with Crippen molar-refractivity contribution in [3.8, 4) is 0 Å². The van der Waals surface area contributed by atoms with E-state index in [4.69, 9.17) is 0 Å². The molecule has 0 spiro atoms. The third-order valence-corrected chi connectivity index (χ3v) is 4.36. The lowest BCUT2D eigenvalue weighted by Gasteiger charge is -2.12. The quantitative estimate of drug-likeness (QED) is 0.381. The van der Waals surface area contributed by atoms with Gasteiger partial charge in [-0.05, 0) is 42.6 Å². The predicted molar refractivity (Wildman–Crippen MR) is 101 cm³/mol.